The predicted octanol–water partition coefficient (Wildman–Crippen LogP) is 7.80. The Labute approximate surface area is 255 Å². The molecule has 4 aromatic rings. The van der Waals surface area contributed by atoms with Crippen molar-refractivity contribution in [2.24, 2.45) is 0 Å². The Morgan fingerprint density at radius 3 is 0.784 bits per heavy atom. The molecule has 0 spiro atoms. The molecule has 7 heteroatoms. The zero-order valence-corrected chi connectivity index (χ0v) is 27.1. The molecule has 0 radical (unpaired) electrons. The minimum absolute atomic E-state index is 0. The summed E-state index contributed by atoms with van der Waals surface area (Å²) in [6.45, 7) is 3.16. The van der Waals surface area contributed by atoms with Crippen molar-refractivity contribution in [2.45, 2.75) is 26.2 Å². The van der Waals surface area contributed by atoms with E-state index in [1.54, 1.807) is 0 Å². The minimum Gasteiger partial charge on any atom is -0.349 e. The molecular formula is C30H30N2S4Zn. The topological polar surface area (TPSA) is 6.48 Å². The number of thiol groups is 2. The van der Waals surface area contributed by atoms with Crippen LogP contribution >= 0.6 is 49.7 Å². The molecule has 2 nitrogen and oxygen atoms in total. The van der Waals surface area contributed by atoms with Crippen molar-refractivity contribution in [3.63, 3.8) is 0 Å². The summed E-state index contributed by atoms with van der Waals surface area (Å²) in [5.41, 5.74) is 4.96. The van der Waals surface area contributed by atoms with Crippen molar-refractivity contribution >= 4 is 58.3 Å². The van der Waals surface area contributed by atoms with Gasteiger partial charge in [0.2, 0.25) is 0 Å². The maximum atomic E-state index is 5.21. The molecule has 0 bridgehead atoms. The summed E-state index contributed by atoms with van der Waals surface area (Å²) < 4.78 is 1.26. The minimum atomic E-state index is 0. The average Bonchev–Trinajstić information content (AvgIpc) is 2.91. The van der Waals surface area contributed by atoms with Crippen molar-refractivity contribution < 1.29 is 19.5 Å². The first kappa shape index (κ1) is 31.2. The zero-order valence-electron chi connectivity index (χ0n) is 20.7. The summed E-state index contributed by atoms with van der Waals surface area (Å²) in [5, 5.41) is 0. The molecule has 0 aromatic heterocycles. The largest absolute Gasteiger partial charge is 0.349 e. The zero-order chi connectivity index (χ0) is 25.6. The Bertz CT molecular complexity index is 1010. The van der Waals surface area contributed by atoms with Gasteiger partial charge in [-0.1, -0.05) is 146 Å². The number of hydrogen-bond donors (Lipinski definition) is 2. The standard InChI is InChI=1S/2C15H15NS2.Zn/c2*17-15(18)16(11-13-7-3-1-4-8-13)12-14-9-5-2-6-10-14;/h2*1-10H,11-12H2,(H,17,18);. The molecule has 0 amide bonds. The summed E-state index contributed by atoms with van der Waals surface area (Å²) in [4.78, 5) is 4.17. The van der Waals surface area contributed by atoms with Gasteiger partial charge in [0.1, 0.15) is 8.64 Å². The normalized spacial score (nSPS) is 9.78. The maximum Gasteiger partial charge on any atom is 0.133 e. The van der Waals surface area contributed by atoms with E-state index in [-0.39, 0.29) is 19.5 Å². The summed E-state index contributed by atoms with van der Waals surface area (Å²) in [5.74, 6) is 0. The molecule has 0 saturated heterocycles. The van der Waals surface area contributed by atoms with Crippen LogP contribution in [0, 0.1) is 0 Å². The smallest absolute Gasteiger partial charge is 0.133 e. The summed E-state index contributed by atoms with van der Waals surface area (Å²) in [7, 11) is 0. The molecule has 4 aromatic carbocycles. The van der Waals surface area contributed by atoms with Crippen LogP contribution in [0.2, 0.25) is 0 Å². The first-order chi connectivity index (χ1) is 17.5. The van der Waals surface area contributed by atoms with Gasteiger partial charge in [0.15, 0.2) is 0 Å². The van der Waals surface area contributed by atoms with Crippen molar-refractivity contribution in [3.8, 4) is 0 Å². The van der Waals surface area contributed by atoms with E-state index in [4.69, 9.17) is 24.4 Å². The van der Waals surface area contributed by atoms with E-state index in [0.717, 1.165) is 26.2 Å². The van der Waals surface area contributed by atoms with Crippen LogP contribution in [0.1, 0.15) is 22.3 Å². The molecule has 0 aliphatic rings. The van der Waals surface area contributed by atoms with Crippen molar-refractivity contribution in [3.05, 3.63) is 144 Å². The molecular weight excluding hydrogens is 582 g/mol. The van der Waals surface area contributed by atoms with Crippen LogP contribution in [-0.4, -0.2) is 18.4 Å². The van der Waals surface area contributed by atoms with Crippen LogP contribution in [0.4, 0.5) is 0 Å². The SMILES string of the molecule is S=C(S)N(Cc1ccccc1)Cc1ccccc1.S=C(S)N(Cc1ccccc1)Cc1ccccc1.[Zn]. The van der Waals surface area contributed by atoms with Crippen LogP contribution < -0.4 is 0 Å². The monoisotopic (exact) mass is 610 g/mol. The van der Waals surface area contributed by atoms with Gasteiger partial charge in [0, 0.05) is 45.7 Å². The van der Waals surface area contributed by atoms with E-state index in [0.29, 0.717) is 8.64 Å². The van der Waals surface area contributed by atoms with Crippen LogP contribution in [0.25, 0.3) is 0 Å². The summed E-state index contributed by atoms with van der Waals surface area (Å²) in [6, 6.07) is 41.2. The van der Waals surface area contributed by atoms with Gasteiger partial charge < -0.3 is 9.80 Å². The summed E-state index contributed by atoms with van der Waals surface area (Å²) >= 11 is 19.0. The second kappa shape index (κ2) is 17.5. The van der Waals surface area contributed by atoms with Gasteiger partial charge in [-0.05, 0) is 22.3 Å². The van der Waals surface area contributed by atoms with Crippen molar-refractivity contribution in [1.29, 1.82) is 0 Å². The number of thiocarbonyl (C=S) groups is 2. The Morgan fingerprint density at radius 2 is 0.622 bits per heavy atom. The van der Waals surface area contributed by atoms with Gasteiger partial charge in [0.05, 0.1) is 0 Å². The van der Waals surface area contributed by atoms with Crippen LogP contribution in [-0.2, 0) is 45.7 Å². The third-order valence-electron chi connectivity index (χ3n) is 5.41. The molecule has 4 rings (SSSR count). The van der Waals surface area contributed by atoms with Gasteiger partial charge in [-0.3, -0.25) is 0 Å². The van der Waals surface area contributed by atoms with Gasteiger partial charge in [-0.25, -0.2) is 0 Å². The number of hydrogen-bond acceptors (Lipinski definition) is 2. The van der Waals surface area contributed by atoms with E-state index >= 15 is 0 Å². The Morgan fingerprint density at radius 1 is 0.432 bits per heavy atom. The van der Waals surface area contributed by atoms with Gasteiger partial charge >= 0.3 is 0 Å². The maximum absolute atomic E-state index is 5.21. The molecule has 0 N–H and O–H groups in total. The van der Waals surface area contributed by atoms with E-state index in [1.165, 1.54) is 22.3 Å². The Balaban J connectivity index is 0.000000253. The number of nitrogens with zero attached hydrogens (tertiary/aromatic N) is 2. The quantitative estimate of drug-likeness (QED) is 0.119. The van der Waals surface area contributed by atoms with Gasteiger partial charge in [-0.2, -0.15) is 0 Å². The first-order valence-electron chi connectivity index (χ1n) is 11.6. The predicted molar refractivity (Wildman–Crippen MR) is 167 cm³/mol. The Hall–Kier alpha value is -2.02. The van der Waals surface area contributed by atoms with E-state index in [1.807, 2.05) is 72.8 Å². The van der Waals surface area contributed by atoms with Crippen LogP contribution in [0.3, 0.4) is 0 Å². The van der Waals surface area contributed by atoms with Gasteiger partial charge in [0.25, 0.3) is 0 Å². The average molecular weight is 612 g/mol. The number of rotatable bonds is 8. The fourth-order valence-electron chi connectivity index (χ4n) is 3.60. The van der Waals surface area contributed by atoms with E-state index in [9.17, 15) is 0 Å². The van der Waals surface area contributed by atoms with E-state index < -0.39 is 0 Å². The fraction of sp³-hybridized carbons (Fsp3) is 0.133. The van der Waals surface area contributed by atoms with Crippen molar-refractivity contribution in [2.75, 3.05) is 0 Å². The second-order valence-electron chi connectivity index (χ2n) is 8.22. The van der Waals surface area contributed by atoms with E-state index in [2.05, 4.69) is 83.6 Å². The van der Waals surface area contributed by atoms with Crippen LogP contribution in [0.5, 0.6) is 0 Å². The molecule has 0 atom stereocenters. The third-order valence-corrected chi connectivity index (χ3v) is 6.49. The molecule has 0 aliphatic carbocycles. The van der Waals surface area contributed by atoms with Gasteiger partial charge in [-0.15, -0.1) is 25.3 Å². The molecule has 186 valence electrons. The molecule has 0 saturated carbocycles. The first-order valence-corrected chi connectivity index (χ1v) is 13.3. The van der Waals surface area contributed by atoms with Crippen molar-refractivity contribution in [1.82, 2.24) is 9.80 Å². The summed E-state index contributed by atoms with van der Waals surface area (Å²) in [6.07, 6.45) is 0. The Kier molecular flexibility index (Phi) is 14.7. The molecule has 0 unspecified atom stereocenters. The third kappa shape index (κ3) is 11.9. The molecule has 0 fully saturated rings. The number of benzene rings is 4. The molecule has 37 heavy (non-hydrogen) atoms. The second-order valence-corrected chi connectivity index (χ2v) is 10.4. The van der Waals surface area contributed by atoms with Crippen LogP contribution in [0.15, 0.2) is 121 Å². The molecule has 0 aliphatic heterocycles. The molecule has 0 heterocycles. The fourth-order valence-corrected chi connectivity index (χ4v) is 4.14.